The number of aliphatic hydroxyl groups excluding tert-OH is 1. The van der Waals surface area contributed by atoms with Crippen LogP contribution in [0.25, 0.3) is 0 Å². The predicted octanol–water partition coefficient (Wildman–Crippen LogP) is 3.13. The number of rotatable bonds is 9. The van der Waals surface area contributed by atoms with E-state index in [1.54, 1.807) is 0 Å². The van der Waals surface area contributed by atoms with Crippen LogP contribution in [0.3, 0.4) is 0 Å². The fourth-order valence-electron chi connectivity index (χ4n) is 4.31. The Kier molecular flexibility index (Phi) is 11.4. The third kappa shape index (κ3) is 7.66. The van der Waals surface area contributed by atoms with E-state index in [4.69, 9.17) is 9.73 Å². The Morgan fingerprint density at radius 2 is 1.93 bits per heavy atom. The molecule has 30 heavy (non-hydrogen) atoms. The first-order valence-corrected chi connectivity index (χ1v) is 11.2. The van der Waals surface area contributed by atoms with Crippen LogP contribution >= 0.6 is 24.0 Å². The molecule has 0 aliphatic carbocycles. The molecule has 0 radical (unpaired) electrons. The molecular formula is C23H39IN4O2. The first-order chi connectivity index (χ1) is 14.2. The number of aliphatic hydroxyl groups is 1. The van der Waals surface area contributed by atoms with Crippen molar-refractivity contribution in [2.75, 3.05) is 46.0 Å². The Labute approximate surface area is 198 Å². The van der Waals surface area contributed by atoms with Crippen molar-refractivity contribution in [3.63, 3.8) is 0 Å². The molecule has 7 heteroatoms. The van der Waals surface area contributed by atoms with E-state index in [2.05, 4.69) is 46.7 Å². The van der Waals surface area contributed by atoms with Gasteiger partial charge in [0, 0.05) is 38.3 Å². The van der Waals surface area contributed by atoms with E-state index in [9.17, 15) is 5.11 Å². The first kappa shape index (κ1) is 25.4. The van der Waals surface area contributed by atoms with Crippen molar-refractivity contribution in [2.24, 2.45) is 10.4 Å². The van der Waals surface area contributed by atoms with Crippen LogP contribution in [0.15, 0.2) is 29.3 Å². The topological polar surface area (TPSA) is 69.1 Å². The lowest BCUT2D eigenvalue weighted by atomic mass is 9.84. The van der Waals surface area contributed by atoms with Crippen LogP contribution in [-0.2, 0) is 17.8 Å². The van der Waals surface area contributed by atoms with E-state index < -0.39 is 0 Å². The van der Waals surface area contributed by atoms with E-state index in [0.29, 0.717) is 13.2 Å². The number of piperidine rings is 1. The van der Waals surface area contributed by atoms with Crippen LogP contribution in [0, 0.1) is 5.41 Å². The van der Waals surface area contributed by atoms with Gasteiger partial charge in [0.1, 0.15) is 0 Å². The minimum absolute atomic E-state index is 0. The predicted molar refractivity (Wildman–Crippen MR) is 133 cm³/mol. The minimum Gasteiger partial charge on any atom is -0.396 e. The molecule has 1 aromatic rings. The monoisotopic (exact) mass is 530 g/mol. The van der Waals surface area contributed by atoms with Crippen LogP contribution in [-0.4, -0.2) is 62.0 Å². The maximum Gasteiger partial charge on any atom is 0.191 e. The summed E-state index contributed by atoms with van der Waals surface area (Å²) >= 11 is 0. The highest BCUT2D eigenvalue weighted by Crippen LogP contribution is 2.31. The van der Waals surface area contributed by atoms with Gasteiger partial charge < -0.3 is 20.5 Å². The molecule has 0 aromatic heterocycles. The summed E-state index contributed by atoms with van der Waals surface area (Å²) in [5.74, 6) is 0.837. The molecule has 2 aliphatic heterocycles. The SMILES string of the molecule is CCNC(=NCc1ccccc1CN1CCCCC1)NCC1(CCO)CCOC1.I. The zero-order valence-corrected chi connectivity index (χ0v) is 20.7. The standard InChI is InChI=1S/C23H38N4O2.HI/c1-2-24-22(26-18-23(10-14-28)11-15-29-19-23)25-16-20-8-4-5-9-21(20)17-27-12-6-3-7-13-27;/h4-5,8-9,28H,2-3,6-7,10-19H2,1H3,(H2,24,25,26);1H. The Hall–Kier alpha value is -0.900. The maximum absolute atomic E-state index is 9.44. The summed E-state index contributed by atoms with van der Waals surface area (Å²) in [6.07, 6.45) is 5.74. The van der Waals surface area contributed by atoms with Crippen molar-refractivity contribution in [2.45, 2.75) is 52.1 Å². The van der Waals surface area contributed by atoms with Gasteiger partial charge in [0.05, 0.1) is 13.2 Å². The molecule has 6 nitrogen and oxygen atoms in total. The van der Waals surface area contributed by atoms with Gasteiger partial charge in [0.15, 0.2) is 5.96 Å². The van der Waals surface area contributed by atoms with Crippen LogP contribution in [0.2, 0.25) is 0 Å². The van der Waals surface area contributed by atoms with Crippen molar-refractivity contribution in [3.05, 3.63) is 35.4 Å². The molecule has 0 bridgehead atoms. The Balaban J connectivity index is 0.00000320. The number of aliphatic imine (C=N–C) groups is 1. The number of hydrogen-bond acceptors (Lipinski definition) is 4. The second kappa shape index (κ2) is 13.5. The summed E-state index contributed by atoms with van der Waals surface area (Å²) < 4.78 is 5.61. The third-order valence-corrected chi connectivity index (χ3v) is 6.17. The van der Waals surface area contributed by atoms with E-state index in [1.807, 2.05) is 0 Å². The molecule has 2 saturated heterocycles. The lowest BCUT2D eigenvalue weighted by molar-refractivity contribution is 0.127. The van der Waals surface area contributed by atoms with Gasteiger partial charge in [0.2, 0.25) is 0 Å². The quantitative estimate of drug-likeness (QED) is 0.260. The molecule has 1 aromatic carbocycles. The molecule has 2 aliphatic rings. The molecule has 2 heterocycles. The summed E-state index contributed by atoms with van der Waals surface area (Å²) in [6, 6.07) is 8.68. The maximum atomic E-state index is 9.44. The molecule has 2 fully saturated rings. The number of guanidine groups is 1. The van der Waals surface area contributed by atoms with Crippen LogP contribution in [0.1, 0.15) is 50.2 Å². The summed E-state index contributed by atoms with van der Waals surface area (Å²) in [4.78, 5) is 7.43. The normalized spacial score (nSPS) is 22.5. The molecule has 3 N–H and O–H groups in total. The van der Waals surface area contributed by atoms with Gasteiger partial charge in [-0.25, -0.2) is 4.99 Å². The van der Waals surface area contributed by atoms with Crippen molar-refractivity contribution in [1.82, 2.24) is 15.5 Å². The molecule has 170 valence electrons. The smallest absolute Gasteiger partial charge is 0.191 e. The van der Waals surface area contributed by atoms with E-state index >= 15 is 0 Å². The molecule has 1 unspecified atom stereocenters. The fourth-order valence-corrected chi connectivity index (χ4v) is 4.31. The molecule has 0 spiro atoms. The lowest BCUT2D eigenvalue weighted by Crippen LogP contribution is -2.44. The van der Waals surface area contributed by atoms with Crippen molar-refractivity contribution >= 4 is 29.9 Å². The highest BCUT2D eigenvalue weighted by atomic mass is 127. The van der Waals surface area contributed by atoms with E-state index in [-0.39, 0.29) is 36.0 Å². The Morgan fingerprint density at radius 3 is 2.60 bits per heavy atom. The summed E-state index contributed by atoms with van der Waals surface area (Å²) in [6.45, 7) is 9.47. The Bertz CT molecular complexity index is 644. The van der Waals surface area contributed by atoms with Crippen molar-refractivity contribution in [1.29, 1.82) is 0 Å². The number of hydrogen-bond donors (Lipinski definition) is 3. The lowest BCUT2D eigenvalue weighted by Gasteiger charge is -2.28. The van der Waals surface area contributed by atoms with E-state index in [0.717, 1.165) is 45.0 Å². The summed E-state index contributed by atoms with van der Waals surface area (Å²) in [7, 11) is 0. The molecule has 0 amide bonds. The average molecular weight is 530 g/mol. The molecular weight excluding hydrogens is 491 g/mol. The van der Waals surface area contributed by atoms with Crippen LogP contribution < -0.4 is 10.6 Å². The number of nitrogens with one attached hydrogen (secondary N) is 2. The van der Waals surface area contributed by atoms with Gasteiger partial charge in [0.25, 0.3) is 0 Å². The largest absolute Gasteiger partial charge is 0.396 e. The number of likely N-dealkylation sites (tertiary alicyclic amines) is 1. The minimum atomic E-state index is 0. The van der Waals surface area contributed by atoms with E-state index in [1.165, 1.54) is 43.5 Å². The van der Waals surface area contributed by atoms with Crippen molar-refractivity contribution in [3.8, 4) is 0 Å². The van der Waals surface area contributed by atoms with Crippen molar-refractivity contribution < 1.29 is 9.84 Å². The molecule has 1 atom stereocenters. The molecule has 3 rings (SSSR count). The first-order valence-electron chi connectivity index (χ1n) is 11.2. The van der Waals surface area contributed by atoms with Crippen LogP contribution in [0.4, 0.5) is 0 Å². The van der Waals surface area contributed by atoms with Gasteiger partial charge in [-0.05, 0) is 56.8 Å². The van der Waals surface area contributed by atoms with Gasteiger partial charge in [-0.2, -0.15) is 0 Å². The Morgan fingerprint density at radius 1 is 1.17 bits per heavy atom. The average Bonchev–Trinajstić information content (AvgIpc) is 3.21. The highest BCUT2D eigenvalue weighted by molar-refractivity contribution is 14.0. The zero-order valence-electron chi connectivity index (χ0n) is 18.4. The van der Waals surface area contributed by atoms with Gasteiger partial charge in [-0.3, -0.25) is 4.90 Å². The summed E-state index contributed by atoms with van der Waals surface area (Å²) in [5, 5.41) is 16.3. The third-order valence-electron chi connectivity index (χ3n) is 6.17. The zero-order chi connectivity index (χ0) is 20.4. The van der Waals surface area contributed by atoms with Crippen LogP contribution in [0.5, 0.6) is 0 Å². The number of ether oxygens (including phenoxy) is 1. The number of benzene rings is 1. The molecule has 0 saturated carbocycles. The highest BCUT2D eigenvalue weighted by Gasteiger charge is 2.34. The van der Waals surface area contributed by atoms with Gasteiger partial charge >= 0.3 is 0 Å². The summed E-state index contributed by atoms with van der Waals surface area (Å²) in [5.41, 5.74) is 2.69. The van der Waals surface area contributed by atoms with Gasteiger partial charge in [-0.1, -0.05) is 30.7 Å². The second-order valence-electron chi connectivity index (χ2n) is 8.43. The fraction of sp³-hybridized carbons (Fsp3) is 0.696. The number of nitrogens with zero attached hydrogens (tertiary/aromatic N) is 2. The van der Waals surface area contributed by atoms with Gasteiger partial charge in [-0.15, -0.1) is 24.0 Å². The number of halogens is 1. The second-order valence-corrected chi connectivity index (χ2v) is 8.43.